The van der Waals surface area contributed by atoms with Gasteiger partial charge in [-0.15, -0.1) is 10.2 Å². The van der Waals surface area contributed by atoms with E-state index in [-0.39, 0.29) is 30.9 Å². The van der Waals surface area contributed by atoms with E-state index in [0.29, 0.717) is 12.4 Å². The number of benzene rings is 2. The minimum Gasteiger partial charge on any atom is -0.455 e. The van der Waals surface area contributed by atoms with Gasteiger partial charge < -0.3 is 14.1 Å². The Balaban J connectivity index is 1.34. The second-order valence-corrected chi connectivity index (χ2v) is 7.01. The van der Waals surface area contributed by atoms with Crippen molar-refractivity contribution in [3.05, 3.63) is 72.1 Å². The molecule has 1 aliphatic rings. The van der Waals surface area contributed by atoms with Crippen LogP contribution in [0.25, 0.3) is 11.5 Å². The molecule has 1 aromatic heterocycles. The lowest BCUT2D eigenvalue weighted by Gasteiger charge is -2.25. The molecule has 0 saturated carbocycles. The maximum atomic E-state index is 12.5. The van der Waals surface area contributed by atoms with E-state index in [1.165, 1.54) is 0 Å². The third-order valence-corrected chi connectivity index (χ3v) is 5.07. The molecule has 7 heteroatoms. The molecule has 1 saturated heterocycles. The van der Waals surface area contributed by atoms with Gasteiger partial charge in [-0.3, -0.25) is 9.59 Å². The maximum Gasteiger partial charge on any atom is 0.311 e. The van der Waals surface area contributed by atoms with Gasteiger partial charge in [0.05, 0.1) is 12.0 Å². The molecule has 2 aromatic carbocycles. The quantitative estimate of drug-likeness (QED) is 0.599. The van der Waals surface area contributed by atoms with Gasteiger partial charge in [-0.1, -0.05) is 48.5 Å². The number of amides is 1. The molecule has 148 valence electrons. The van der Waals surface area contributed by atoms with E-state index in [0.717, 1.165) is 11.1 Å². The van der Waals surface area contributed by atoms with Crippen LogP contribution in [0.15, 0.2) is 65.1 Å². The van der Waals surface area contributed by atoms with Gasteiger partial charge in [0.25, 0.3) is 5.89 Å². The number of carbonyl (C=O) groups excluding carboxylic acids is 2. The van der Waals surface area contributed by atoms with Crippen molar-refractivity contribution in [1.29, 1.82) is 0 Å². The lowest BCUT2D eigenvalue weighted by Crippen LogP contribution is -2.29. The van der Waals surface area contributed by atoms with Crippen molar-refractivity contribution < 1.29 is 18.7 Å². The number of ether oxygens (including phenoxy) is 1. The largest absolute Gasteiger partial charge is 0.455 e. The molecule has 2 heterocycles. The van der Waals surface area contributed by atoms with Crippen LogP contribution >= 0.6 is 0 Å². The van der Waals surface area contributed by atoms with Crippen molar-refractivity contribution in [1.82, 2.24) is 15.1 Å². The SMILES string of the molecule is C[C@@H](c1ccccc1)N1C[C@H](C(=O)OCc2nnc(-c3ccccc3)o2)CC1=O. The molecular formula is C22H21N3O4. The van der Waals surface area contributed by atoms with Crippen molar-refractivity contribution in [2.75, 3.05) is 6.54 Å². The normalized spacial score (nSPS) is 17.3. The molecule has 1 aliphatic heterocycles. The summed E-state index contributed by atoms with van der Waals surface area (Å²) >= 11 is 0. The van der Waals surface area contributed by atoms with Gasteiger partial charge in [0.2, 0.25) is 11.8 Å². The van der Waals surface area contributed by atoms with E-state index in [9.17, 15) is 9.59 Å². The second-order valence-electron chi connectivity index (χ2n) is 7.01. The highest BCUT2D eigenvalue weighted by molar-refractivity contribution is 5.87. The van der Waals surface area contributed by atoms with Crippen LogP contribution < -0.4 is 0 Å². The Labute approximate surface area is 168 Å². The summed E-state index contributed by atoms with van der Waals surface area (Å²) in [6.07, 6.45) is 0.148. The number of aromatic nitrogens is 2. The van der Waals surface area contributed by atoms with Gasteiger partial charge in [-0.2, -0.15) is 0 Å². The van der Waals surface area contributed by atoms with Crippen LogP contribution in [0.1, 0.15) is 30.8 Å². The van der Waals surface area contributed by atoms with E-state index < -0.39 is 11.9 Å². The monoisotopic (exact) mass is 391 g/mol. The first-order valence-electron chi connectivity index (χ1n) is 9.50. The molecule has 0 bridgehead atoms. The Kier molecular flexibility index (Phi) is 5.37. The summed E-state index contributed by atoms with van der Waals surface area (Å²) in [5.41, 5.74) is 1.83. The Morgan fingerprint density at radius 2 is 1.83 bits per heavy atom. The first kappa shape index (κ1) is 18.9. The Morgan fingerprint density at radius 3 is 2.55 bits per heavy atom. The van der Waals surface area contributed by atoms with E-state index in [1.54, 1.807) is 4.90 Å². The highest BCUT2D eigenvalue weighted by Crippen LogP contribution is 2.29. The summed E-state index contributed by atoms with van der Waals surface area (Å²) in [7, 11) is 0. The topological polar surface area (TPSA) is 85.5 Å². The zero-order valence-corrected chi connectivity index (χ0v) is 16.0. The zero-order chi connectivity index (χ0) is 20.2. The number of carbonyl (C=O) groups is 2. The Morgan fingerprint density at radius 1 is 1.14 bits per heavy atom. The van der Waals surface area contributed by atoms with Crippen LogP contribution in [-0.4, -0.2) is 33.5 Å². The van der Waals surface area contributed by atoms with Crippen molar-refractivity contribution in [3.8, 4) is 11.5 Å². The summed E-state index contributed by atoms with van der Waals surface area (Å²) in [6, 6.07) is 19.0. The highest BCUT2D eigenvalue weighted by atomic mass is 16.5. The minimum atomic E-state index is -0.495. The van der Waals surface area contributed by atoms with Gasteiger partial charge >= 0.3 is 5.97 Å². The molecule has 0 spiro atoms. The van der Waals surface area contributed by atoms with Crippen LogP contribution in [0.4, 0.5) is 0 Å². The highest BCUT2D eigenvalue weighted by Gasteiger charge is 2.38. The Bertz CT molecular complexity index is 988. The summed E-state index contributed by atoms with van der Waals surface area (Å²) in [6.45, 7) is 2.19. The van der Waals surface area contributed by atoms with E-state index >= 15 is 0 Å². The summed E-state index contributed by atoms with van der Waals surface area (Å²) in [5, 5.41) is 7.89. The number of esters is 1. The fourth-order valence-electron chi connectivity index (χ4n) is 3.44. The fourth-order valence-corrected chi connectivity index (χ4v) is 3.44. The zero-order valence-electron chi connectivity index (χ0n) is 16.0. The predicted molar refractivity (Wildman–Crippen MR) is 104 cm³/mol. The summed E-state index contributed by atoms with van der Waals surface area (Å²) < 4.78 is 10.9. The molecule has 1 amide bonds. The summed E-state index contributed by atoms with van der Waals surface area (Å²) in [4.78, 5) is 26.6. The van der Waals surface area contributed by atoms with Crippen LogP contribution in [0.5, 0.6) is 0 Å². The molecule has 7 nitrogen and oxygen atoms in total. The first-order valence-corrected chi connectivity index (χ1v) is 9.50. The van der Waals surface area contributed by atoms with Crippen LogP contribution in [0, 0.1) is 5.92 Å². The van der Waals surface area contributed by atoms with Gasteiger partial charge in [0, 0.05) is 18.5 Å². The Hall–Kier alpha value is -3.48. The number of likely N-dealkylation sites (tertiary alicyclic amines) is 1. The lowest BCUT2D eigenvalue weighted by atomic mass is 10.1. The molecule has 2 atom stereocenters. The molecule has 0 unspecified atom stereocenters. The predicted octanol–water partition coefficient (Wildman–Crippen LogP) is 3.39. The fraction of sp³-hybridized carbons (Fsp3) is 0.273. The molecule has 1 fully saturated rings. The van der Waals surface area contributed by atoms with Crippen molar-refractivity contribution in [2.24, 2.45) is 5.92 Å². The molecule has 0 aliphatic carbocycles. The van der Waals surface area contributed by atoms with Crippen molar-refractivity contribution in [3.63, 3.8) is 0 Å². The standard InChI is InChI=1S/C22H21N3O4/c1-15(16-8-4-2-5-9-16)25-13-18(12-20(25)26)22(27)28-14-19-23-24-21(29-19)17-10-6-3-7-11-17/h2-11,15,18H,12-14H2,1H3/t15-,18+/m0/s1. The molecule has 0 N–H and O–H groups in total. The number of hydrogen-bond donors (Lipinski definition) is 0. The van der Waals surface area contributed by atoms with Gasteiger partial charge in [0.15, 0.2) is 6.61 Å². The van der Waals surface area contributed by atoms with E-state index in [4.69, 9.17) is 9.15 Å². The molecule has 3 aromatic rings. The van der Waals surface area contributed by atoms with E-state index in [1.807, 2.05) is 67.6 Å². The average molecular weight is 391 g/mol. The summed E-state index contributed by atoms with van der Waals surface area (Å²) in [5.74, 6) is -0.384. The first-order chi connectivity index (χ1) is 14.1. The molecular weight excluding hydrogens is 370 g/mol. The number of rotatable bonds is 6. The van der Waals surface area contributed by atoms with Crippen molar-refractivity contribution in [2.45, 2.75) is 26.0 Å². The van der Waals surface area contributed by atoms with Gasteiger partial charge in [-0.25, -0.2) is 0 Å². The number of hydrogen-bond acceptors (Lipinski definition) is 6. The van der Waals surface area contributed by atoms with Crippen LogP contribution in [0.3, 0.4) is 0 Å². The molecule has 29 heavy (non-hydrogen) atoms. The van der Waals surface area contributed by atoms with Gasteiger partial charge in [0.1, 0.15) is 0 Å². The third kappa shape index (κ3) is 4.18. The minimum absolute atomic E-state index is 0.0487. The van der Waals surface area contributed by atoms with Gasteiger partial charge in [-0.05, 0) is 24.6 Å². The molecule has 4 rings (SSSR count). The van der Waals surface area contributed by atoms with Crippen molar-refractivity contribution >= 4 is 11.9 Å². The van der Waals surface area contributed by atoms with Crippen LogP contribution in [-0.2, 0) is 20.9 Å². The smallest absolute Gasteiger partial charge is 0.311 e. The van der Waals surface area contributed by atoms with E-state index in [2.05, 4.69) is 10.2 Å². The maximum absolute atomic E-state index is 12.5. The second kappa shape index (κ2) is 8.26. The lowest BCUT2D eigenvalue weighted by molar-refractivity contribution is -0.150. The van der Waals surface area contributed by atoms with Crippen LogP contribution in [0.2, 0.25) is 0 Å². The number of nitrogens with zero attached hydrogens (tertiary/aromatic N) is 3. The third-order valence-electron chi connectivity index (χ3n) is 5.07. The average Bonchev–Trinajstić information content (AvgIpc) is 3.40. The molecule has 0 radical (unpaired) electrons.